The fourth-order valence-electron chi connectivity index (χ4n) is 1.25. The molecule has 1 aromatic rings. The number of allylic oxidation sites excluding steroid dienone is 2. The number of hydrogen-bond acceptors (Lipinski definition) is 1. The monoisotopic (exact) mass is 178 g/mol. The fourth-order valence-corrected chi connectivity index (χ4v) is 2.11. The molecule has 1 heterocycles. The minimum atomic E-state index is 0.597. The molecule has 0 saturated carbocycles. The molecule has 0 unspecified atom stereocenters. The van der Waals surface area contributed by atoms with E-state index in [1.165, 1.54) is 4.88 Å². The van der Waals surface area contributed by atoms with Crippen molar-refractivity contribution < 1.29 is 0 Å². The van der Waals surface area contributed by atoms with Gasteiger partial charge >= 0.3 is 0 Å². The van der Waals surface area contributed by atoms with Crippen LogP contribution < -0.4 is 0 Å². The molecule has 0 aromatic carbocycles. The Morgan fingerprint density at radius 2 is 2.00 bits per heavy atom. The lowest BCUT2D eigenvalue weighted by Crippen LogP contribution is -1.91. The summed E-state index contributed by atoms with van der Waals surface area (Å²) < 4.78 is 0. The molecular formula is C11H14S. The Balaban J connectivity index is 2.65. The zero-order chi connectivity index (χ0) is 8.81. The zero-order valence-electron chi connectivity index (χ0n) is 7.20. The topological polar surface area (TPSA) is 0 Å². The van der Waals surface area contributed by atoms with E-state index in [1.807, 2.05) is 23.5 Å². The predicted molar refractivity (Wildman–Crippen MR) is 56.7 cm³/mol. The van der Waals surface area contributed by atoms with Gasteiger partial charge in [-0.05, 0) is 24.3 Å². The molecule has 0 N–H and O–H groups in total. The van der Waals surface area contributed by atoms with E-state index in [4.69, 9.17) is 0 Å². The van der Waals surface area contributed by atoms with Crippen LogP contribution in [0.5, 0.6) is 0 Å². The molecule has 0 nitrogen and oxygen atoms in total. The highest BCUT2D eigenvalue weighted by Gasteiger charge is 2.07. The Labute approximate surface area is 78.2 Å². The maximum absolute atomic E-state index is 3.76. The first-order valence-corrected chi connectivity index (χ1v) is 5.01. The Hall–Kier alpha value is -0.820. The summed E-state index contributed by atoms with van der Waals surface area (Å²) in [5, 5.41) is 2.12. The highest BCUT2D eigenvalue weighted by molar-refractivity contribution is 7.10. The van der Waals surface area contributed by atoms with Crippen LogP contribution in [0.15, 0.2) is 42.8 Å². The molecule has 0 radical (unpaired) electrons. The Kier molecular flexibility index (Phi) is 3.81. The van der Waals surface area contributed by atoms with Gasteiger partial charge in [0.2, 0.25) is 0 Å². The van der Waals surface area contributed by atoms with Gasteiger partial charge in [-0.2, -0.15) is 0 Å². The lowest BCUT2D eigenvalue weighted by atomic mass is 10.00. The van der Waals surface area contributed by atoms with E-state index in [-0.39, 0.29) is 0 Å². The SMILES string of the molecule is C=CCC(CC=C)c1cccs1. The minimum Gasteiger partial charge on any atom is -0.149 e. The van der Waals surface area contributed by atoms with Crippen LogP contribution in [-0.4, -0.2) is 0 Å². The van der Waals surface area contributed by atoms with Gasteiger partial charge in [0.1, 0.15) is 0 Å². The zero-order valence-corrected chi connectivity index (χ0v) is 8.02. The highest BCUT2D eigenvalue weighted by atomic mass is 32.1. The normalized spacial score (nSPS) is 10.1. The summed E-state index contributed by atoms with van der Waals surface area (Å²) in [4.78, 5) is 1.44. The standard InChI is InChI=1S/C11H14S/c1-3-6-10(7-4-2)11-8-5-9-12-11/h3-5,8-10H,1-2,6-7H2. The Morgan fingerprint density at radius 3 is 2.42 bits per heavy atom. The summed E-state index contributed by atoms with van der Waals surface area (Å²) in [6.45, 7) is 7.53. The predicted octanol–water partition coefficient (Wildman–Crippen LogP) is 3.98. The summed E-state index contributed by atoms with van der Waals surface area (Å²) in [5.41, 5.74) is 0. The van der Waals surface area contributed by atoms with Crippen molar-refractivity contribution in [1.82, 2.24) is 0 Å². The quantitative estimate of drug-likeness (QED) is 0.598. The van der Waals surface area contributed by atoms with Crippen molar-refractivity contribution in [2.45, 2.75) is 18.8 Å². The summed E-state index contributed by atoms with van der Waals surface area (Å²) >= 11 is 1.82. The molecule has 0 amide bonds. The van der Waals surface area contributed by atoms with Crippen LogP contribution in [-0.2, 0) is 0 Å². The summed E-state index contributed by atoms with van der Waals surface area (Å²) in [6.07, 6.45) is 6.06. The van der Waals surface area contributed by atoms with Crippen molar-refractivity contribution in [1.29, 1.82) is 0 Å². The molecule has 1 heteroatoms. The molecule has 0 bridgehead atoms. The molecule has 1 aromatic heterocycles. The van der Waals surface area contributed by atoms with Gasteiger partial charge in [0.15, 0.2) is 0 Å². The average Bonchev–Trinajstić information content (AvgIpc) is 2.56. The van der Waals surface area contributed by atoms with Gasteiger partial charge in [-0.15, -0.1) is 24.5 Å². The third kappa shape index (κ3) is 2.35. The highest BCUT2D eigenvalue weighted by Crippen LogP contribution is 2.27. The third-order valence-electron chi connectivity index (χ3n) is 1.85. The van der Waals surface area contributed by atoms with Crippen LogP contribution in [0.3, 0.4) is 0 Å². The van der Waals surface area contributed by atoms with Gasteiger partial charge in [-0.25, -0.2) is 0 Å². The van der Waals surface area contributed by atoms with E-state index < -0.39 is 0 Å². The van der Waals surface area contributed by atoms with Crippen LogP contribution in [0.1, 0.15) is 23.6 Å². The van der Waals surface area contributed by atoms with Crippen molar-refractivity contribution in [2.24, 2.45) is 0 Å². The first kappa shape index (κ1) is 9.27. The smallest absolute Gasteiger partial charge is 0.00823 e. The van der Waals surface area contributed by atoms with Crippen molar-refractivity contribution in [3.05, 3.63) is 47.7 Å². The first-order chi connectivity index (χ1) is 5.88. The molecule has 0 aliphatic carbocycles. The molecule has 12 heavy (non-hydrogen) atoms. The Bertz CT molecular complexity index is 224. The second-order valence-corrected chi connectivity index (χ2v) is 3.74. The van der Waals surface area contributed by atoms with E-state index in [0.717, 1.165) is 12.8 Å². The van der Waals surface area contributed by atoms with Gasteiger partial charge in [0, 0.05) is 10.8 Å². The molecule has 0 saturated heterocycles. The number of rotatable bonds is 5. The fraction of sp³-hybridized carbons (Fsp3) is 0.273. The van der Waals surface area contributed by atoms with Crippen LogP contribution in [0.4, 0.5) is 0 Å². The second kappa shape index (κ2) is 4.94. The van der Waals surface area contributed by atoms with Crippen LogP contribution in [0.2, 0.25) is 0 Å². The van der Waals surface area contributed by atoms with Crippen LogP contribution in [0, 0.1) is 0 Å². The maximum Gasteiger partial charge on any atom is 0.00823 e. The molecular weight excluding hydrogens is 164 g/mol. The van der Waals surface area contributed by atoms with Gasteiger partial charge in [0.25, 0.3) is 0 Å². The number of hydrogen-bond donors (Lipinski definition) is 0. The second-order valence-electron chi connectivity index (χ2n) is 2.76. The van der Waals surface area contributed by atoms with Crippen LogP contribution >= 0.6 is 11.3 Å². The first-order valence-electron chi connectivity index (χ1n) is 4.13. The summed E-state index contributed by atoms with van der Waals surface area (Å²) in [7, 11) is 0. The third-order valence-corrected chi connectivity index (χ3v) is 2.88. The molecule has 0 spiro atoms. The lowest BCUT2D eigenvalue weighted by molar-refractivity contribution is 0.728. The van der Waals surface area contributed by atoms with E-state index in [0.29, 0.717) is 5.92 Å². The largest absolute Gasteiger partial charge is 0.149 e. The van der Waals surface area contributed by atoms with Crippen molar-refractivity contribution in [2.75, 3.05) is 0 Å². The molecule has 64 valence electrons. The van der Waals surface area contributed by atoms with Gasteiger partial charge in [0.05, 0.1) is 0 Å². The van der Waals surface area contributed by atoms with E-state index in [9.17, 15) is 0 Å². The molecule has 0 aliphatic heterocycles. The van der Waals surface area contributed by atoms with E-state index >= 15 is 0 Å². The minimum absolute atomic E-state index is 0.597. The Morgan fingerprint density at radius 1 is 1.33 bits per heavy atom. The number of thiophene rings is 1. The maximum atomic E-state index is 3.76. The van der Waals surface area contributed by atoms with Gasteiger partial charge < -0.3 is 0 Å². The summed E-state index contributed by atoms with van der Waals surface area (Å²) in [6, 6.07) is 4.28. The van der Waals surface area contributed by atoms with Crippen molar-refractivity contribution in [3.8, 4) is 0 Å². The molecule has 0 aliphatic rings. The molecule has 0 atom stereocenters. The van der Waals surface area contributed by atoms with Crippen LogP contribution in [0.25, 0.3) is 0 Å². The van der Waals surface area contributed by atoms with Gasteiger partial charge in [-0.3, -0.25) is 0 Å². The van der Waals surface area contributed by atoms with Gasteiger partial charge in [-0.1, -0.05) is 18.2 Å². The average molecular weight is 178 g/mol. The van der Waals surface area contributed by atoms with Crippen molar-refractivity contribution in [3.63, 3.8) is 0 Å². The van der Waals surface area contributed by atoms with E-state index in [2.05, 4.69) is 30.7 Å². The molecule has 0 fully saturated rings. The van der Waals surface area contributed by atoms with Crippen molar-refractivity contribution >= 4 is 11.3 Å². The molecule has 1 rings (SSSR count). The summed E-state index contributed by atoms with van der Waals surface area (Å²) in [5.74, 6) is 0.597. The van der Waals surface area contributed by atoms with E-state index in [1.54, 1.807) is 0 Å². The lowest BCUT2D eigenvalue weighted by Gasteiger charge is -2.09.